The van der Waals surface area contributed by atoms with Gasteiger partial charge in [-0.1, -0.05) is 12.1 Å². The average Bonchev–Trinajstić information content (AvgIpc) is 2.28. The first-order valence-corrected chi connectivity index (χ1v) is 5.02. The van der Waals surface area contributed by atoms with Crippen LogP contribution in [0.25, 0.3) is 0 Å². The number of non-ortho nitro benzene ring substituents is 1. The van der Waals surface area contributed by atoms with Gasteiger partial charge in [0.15, 0.2) is 0 Å². The molecule has 0 radical (unpaired) electrons. The molecule has 0 fully saturated rings. The molecule has 0 saturated carbocycles. The molecule has 1 aromatic rings. The second-order valence-electron chi connectivity index (χ2n) is 3.44. The fraction of sp³-hybridized carbons (Fsp3) is 0.200. The van der Waals surface area contributed by atoms with Gasteiger partial charge in [0.05, 0.1) is 11.5 Å². The predicted octanol–water partition coefficient (Wildman–Crippen LogP) is -0.121. The summed E-state index contributed by atoms with van der Waals surface area (Å²) in [7, 11) is 0. The van der Waals surface area contributed by atoms with E-state index >= 15 is 0 Å². The summed E-state index contributed by atoms with van der Waals surface area (Å²) in [6.45, 7) is 0.166. The molecule has 0 bridgehead atoms. The highest BCUT2D eigenvalue weighted by Crippen LogP contribution is 2.12. The van der Waals surface area contributed by atoms with Crippen LogP contribution >= 0.6 is 0 Å². The Morgan fingerprint density at radius 3 is 2.72 bits per heavy atom. The van der Waals surface area contributed by atoms with Crippen LogP contribution in [-0.4, -0.2) is 23.4 Å². The second kappa shape index (κ2) is 6.30. The van der Waals surface area contributed by atoms with Gasteiger partial charge in [0, 0.05) is 18.7 Å². The molecule has 0 aliphatic rings. The molecule has 0 aliphatic heterocycles. The first-order chi connectivity index (χ1) is 8.49. The number of nitro groups is 1. The van der Waals surface area contributed by atoms with E-state index in [1.807, 2.05) is 5.32 Å². The van der Waals surface area contributed by atoms with E-state index in [9.17, 15) is 19.7 Å². The lowest BCUT2D eigenvalue weighted by Crippen LogP contribution is -2.40. The SMILES string of the molecule is NC(=O)NC(=O)CNCc1cccc([N+](=O)[O-])c1. The zero-order valence-corrected chi connectivity index (χ0v) is 9.38. The van der Waals surface area contributed by atoms with Crippen LogP contribution in [0.2, 0.25) is 0 Å². The lowest BCUT2D eigenvalue weighted by Gasteiger charge is -2.04. The van der Waals surface area contributed by atoms with Crippen molar-refractivity contribution in [3.05, 3.63) is 39.9 Å². The summed E-state index contributed by atoms with van der Waals surface area (Å²) in [5, 5.41) is 15.1. The van der Waals surface area contributed by atoms with Crippen LogP contribution in [0.1, 0.15) is 5.56 Å². The molecule has 18 heavy (non-hydrogen) atoms. The average molecular weight is 252 g/mol. The zero-order valence-electron chi connectivity index (χ0n) is 9.38. The molecule has 0 unspecified atom stereocenters. The van der Waals surface area contributed by atoms with Gasteiger partial charge in [-0.15, -0.1) is 0 Å². The number of benzene rings is 1. The number of carbonyl (C=O) groups excluding carboxylic acids is 2. The summed E-state index contributed by atoms with van der Waals surface area (Å²) >= 11 is 0. The van der Waals surface area contributed by atoms with Crippen molar-refractivity contribution < 1.29 is 14.5 Å². The summed E-state index contributed by atoms with van der Waals surface area (Å²) in [5.74, 6) is -0.562. The summed E-state index contributed by atoms with van der Waals surface area (Å²) in [6, 6.07) is 5.10. The largest absolute Gasteiger partial charge is 0.351 e. The minimum atomic E-state index is -0.919. The van der Waals surface area contributed by atoms with Crippen LogP contribution in [-0.2, 0) is 11.3 Å². The first-order valence-electron chi connectivity index (χ1n) is 5.02. The summed E-state index contributed by atoms with van der Waals surface area (Å²) < 4.78 is 0. The number of rotatable bonds is 5. The monoisotopic (exact) mass is 252 g/mol. The van der Waals surface area contributed by atoms with Gasteiger partial charge in [-0.25, -0.2) is 4.79 Å². The molecule has 0 aliphatic carbocycles. The third kappa shape index (κ3) is 4.58. The predicted molar refractivity (Wildman–Crippen MR) is 62.5 cm³/mol. The second-order valence-corrected chi connectivity index (χ2v) is 3.44. The van der Waals surface area contributed by atoms with E-state index in [-0.39, 0.29) is 18.8 Å². The lowest BCUT2D eigenvalue weighted by molar-refractivity contribution is -0.384. The Morgan fingerprint density at radius 2 is 2.11 bits per heavy atom. The molecule has 0 heterocycles. The number of urea groups is 1. The van der Waals surface area contributed by atoms with E-state index in [1.165, 1.54) is 12.1 Å². The Bertz CT molecular complexity index is 475. The van der Waals surface area contributed by atoms with Gasteiger partial charge in [-0.3, -0.25) is 20.2 Å². The van der Waals surface area contributed by atoms with E-state index in [4.69, 9.17) is 5.73 Å². The van der Waals surface area contributed by atoms with E-state index < -0.39 is 16.9 Å². The number of hydrogen-bond acceptors (Lipinski definition) is 5. The standard InChI is InChI=1S/C10H12N4O4/c11-10(16)13-9(15)6-12-5-7-2-1-3-8(4-7)14(17)18/h1-4,12H,5-6H2,(H3,11,13,15,16). The third-order valence-corrected chi connectivity index (χ3v) is 2.00. The summed E-state index contributed by atoms with van der Waals surface area (Å²) in [6.07, 6.45) is 0. The van der Waals surface area contributed by atoms with Crippen molar-refractivity contribution in [3.8, 4) is 0 Å². The van der Waals surface area contributed by atoms with Crippen LogP contribution in [0.15, 0.2) is 24.3 Å². The van der Waals surface area contributed by atoms with Crippen LogP contribution in [0, 0.1) is 10.1 Å². The number of nitrogens with zero attached hydrogens (tertiary/aromatic N) is 1. The smallest absolute Gasteiger partial charge is 0.318 e. The Labute approximate surface area is 102 Å². The van der Waals surface area contributed by atoms with Crippen LogP contribution in [0.5, 0.6) is 0 Å². The topological polar surface area (TPSA) is 127 Å². The van der Waals surface area contributed by atoms with Crippen molar-refractivity contribution in [1.29, 1.82) is 0 Å². The molecule has 1 rings (SSSR count). The van der Waals surface area contributed by atoms with Gasteiger partial charge in [0.2, 0.25) is 5.91 Å². The highest BCUT2D eigenvalue weighted by atomic mass is 16.6. The summed E-state index contributed by atoms with van der Waals surface area (Å²) in [5.41, 5.74) is 5.40. The van der Waals surface area contributed by atoms with E-state index in [2.05, 4.69) is 5.32 Å². The number of nitro benzene ring substituents is 1. The maximum atomic E-state index is 11.0. The molecule has 8 nitrogen and oxygen atoms in total. The number of imide groups is 1. The molecule has 8 heteroatoms. The van der Waals surface area contributed by atoms with Gasteiger partial charge in [0.25, 0.3) is 5.69 Å². The van der Waals surface area contributed by atoms with Crippen molar-refractivity contribution in [1.82, 2.24) is 10.6 Å². The van der Waals surface area contributed by atoms with Crippen molar-refractivity contribution in [2.45, 2.75) is 6.54 Å². The van der Waals surface area contributed by atoms with Crippen molar-refractivity contribution >= 4 is 17.6 Å². The van der Waals surface area contributed by atoms with Crippen LogP contribution in [0.3, 0.4) is 0 Å². The van der Waals surface area contributed by atoms with Crippen molar-refractivity contribution in [2.75, 3.05) is 6.54 Å². The fourth-order valence-corrected chi connectivity index (χ4v) is 1.28. The minimum absolute atomic E-state index is 0.0177. The Hall–Kier alpha value is -2.48. The Morgan fingerprint density at radius 1 is 1.39 bits per heavy atom. The molecule has 0 saturated heterocycles. The van der Waals surface area contributed by atoms with Crippen molar-refractivity contribution in [2.24, 2.45) is 5.73 Å². The van der Waals surface area contributed by atoms with Gasteiger partial charge in [0.1, 0.15) is 0 Å². The fourth-order valence-electron chi connectivity index (χ4n) is 1.28. The van der Waals surface area contributed by atoms with Gasteiger partial charge in [-0.05, 0) is 5.56 Å². The number of carbonyl (C=O) groups is 2. The van der Waals surface area contributed by atoms with Gasteiger partial charge >= 0.3 is 6.03 Å². The van der Waals surface area contributed by atoms with Gasteiger partial charge in [-0.2, -0.15) is 0 Å². The maximum Gasteiger partial charge on any atom is 0.318 e. The number of primary amides is 1. The maximum absolute atomic E-state index is 11.0. The highest BCUT2D eigenvalue weighted by molar-refractivity contribution is 5.94. The Balaban J connectivity index is 2.44. The third-order valence-electron chi connectivity index (χ3n) is 2.00. The van der Waals surface area contributed by atoms with Crippen molar-refractivity contribution in [3.63, 3.8) is 0 Å². The molecule has 4 N–H and O–H groups in total. The highest BCUT2D eigenvalue weighted by Gasteiger charge is 2.06. The van der Waals surface area contributed by atoms with Crippen LogP contribution < -0.4 is 16.4 Å². The van der Waals surface area contributed by atoms with Crippen LogP contribution in [0.4, 0.5) is 10.5 Å². The molecule has 0 aromatic heterocycles. The molecule has 1 aromatic carbocycles. The lowest BCUT2D eigenvalue weighted by atomic mass is 10.2. The number of nitrogens with one attached hydrogen (secondary N) is 2. The number of nitrogens with two attached hydrogens (primary N) is 1. The van der Waals surface area contributed by atoms with E-state index in [1.54, 1.807) is 12.1 Å². The van der Waals surface area contributed by atoms with Gasteiger partial charge < -0.3 is 11.1 Å². The Kier molecular flexibility index (Phi) is 4.76. The number of amides is 3. The minimum Gasteiger partial charge on any atom is -0.351 e. The quantitative estimate of drug-likeness (QED) is 0.497. The molecule has 96 valence electrons. The first kappa shape index (κ1) is 13.6. The molecular weight excluding hydrogens is 240 g/mol. The summed E-state index contributed by atoms with van der Waals surface area (Å²) in [4.78, 5) is 31.4. The zero-order chi connectivity index (χ0) is 13.5. The molecule has 0 spiro atoms. The molecular formula is C10H12N4O4. The van der Waals surface area contributed by atoms with E-state index in [0.717, 1.165) is 0 Å². The molecule has 0 atom stereocenters. The molecule has 3 amide bonds. The van der Waals surface area contributed by atoms with E-state index in [0.29, 0.717) is 5.56 Å². The normalized spacial score (nSPS) is 9.78. The number of hydrogen-bond donors (Lipinski definition) is 3.